The number of fused-ring (bicyclic) bond motifs is 2. The highest BCUT2D eigenvalue weighted by Crippen LogP contribution is 2.45. The first-order chi connectivity index (χ1) is 13.3. The molecule has 1 aromatic rings. The number of allylic oxidation sites excluding steroid dienone is 3. The largest absolute Gasteiger partial charge is 0.454 e. The van der Waals surface area contributed by atoms with Crippen molar-refractivity contribution in [3.8, 4) is 11.5 Å². The van der Waals surface area contributed by atoms with Crippen molar-refractivity contribution in [3.63, 3.8) is 0 Å². The third-order valence-electron chi connectivity index (χ3n) is 5.07. The molecule has 28 heavy (non-hydrogen) atoms. The van der Waals surface area contributed by atoms with Gasteiger partial charge in [0.05, 0.1) is 12.6 Å². The number of ether oxygens (including phenoxy) is 2. The predicted molar refractivity (Wildman–Crippen MR) is 108 cm³/mol. The molecule has 0 aromatic heterocycles. The van der Waals surface area contributed by atoms with Gasteiger partial charge in [-0.15, -0.1) is 0 Å². The fourth-order valence-electron chi connectivity index (χ4n) is 3.65. The van der Waals surface area contributed by atoms with Gasteiger partial charge in [0.1, 0.15) is 6.61 Å². The Bertz CT molecular complexity index is 822. The quantitative estimate of drug-likeness (QED) is 0.628. The van der Waals surface area contributed by atoms with Crippen molar-refractivity contribution in [2.24, 2.45) is 0 Å². The summed E-state index contributed by atoms with van der Waals surface area (Å²) in [6, 6.07) is 3.17. The maximum Gasteiger partial charge on any atom is 0.283 e. The molecule has 2 aliphatic heterocycles. The number of aliphatic hydroxyl groups excluding tert-OH is 1. The van der Waals surface area contributed by atoms with Gasteiger partial charge in [0.25, 0.3) is 5.92 Å². The lowest BCUT2D eigenvalue weighted by Crippen LogP contribution is -2.49. The first-order valence-electron chi connectivity index (χ1n) is 9.11. The number of aliphatic hydroxyl groups is 1. The molecule has 0 amide bonds. The fourth-order valence-corrected chi connectivity index (χ4v) is 3.78. The van der Waals surface area contributed by atoms with Gasteiger partial charge in [0.15, 0.2) is 11.5 Å². The Morgan fingerprint density at radius 2 is 2.04 bits per heavy atom. The van der Waals surface area contributed by atoms with Gasteiger partial charge < -0.3 is 14.6 Å². The molecule has 152 valence electrons. The molecule has 7 heteroatoms. The summed E-state index contributed by atoms with van der Waals surface area (Å²) in [5, 5.41) is 9.10. The minimum atomic E-state index is -3.20. The van der Waals surface area contributed by atoms with Crippen LogP contribution in [0.1, 0.15) is 31.0 Å². The van der Waals surface area contributed by atoms with Crippen molar-refractivity contribution in [2.45, 2.75) is 38.3 Å². The standard InChI is InChI=1S/C21H24BrF2NO3/c1-4-16(22)6-5-13(2)20-17-9-19-18(27-12-28-19)8-15(17)7-14(3)25(20)10-21(23,24)11-26/h4-6,8-9,14,20,26H,2,7,10-12H2,1,3H3/b6-5-,16-4+/t14-,20-/m1/s1. The Morgan fingerprint density at radius 3 is 2.68 bits per heavy atom. The maximum atomic E-state index is 14.1. The number of nitrogens with zero attached hydrogens (tertiary/aromatic N) is 1. The van der Waals surface area contributed by atoms with Crippen LogP contribution in [0.25, 0.3) is 0 Å². The molecule has 2 atom stereocenters. The lowest BCUT2D eigenvalue weighted by molar-refractivity contribution is -0.0863. The summed E-state index contributed by atoms with van der Waals surface area (Å²) in [6.07, 6.45) is 6.15. The zero-order valence-corrected chi connectivity index (χ0v) is 17.5. The second kappa shape index (κ2) is 8.35. The first-order valence-corrected chi connectivity index (χ1v) is 9.90. The Hall–Kier alpha value is -1.70. The Morgan fingerprint density at radius 1 is 1.36 bits per heavy atom. The molecule has 0 radical (unpaired) electrons. The van der Waals surface area contributed by atoms with Crippen LogP contribution in [0.2, 0.25) is 0 Å². The molecule has 0 spiro atoms. The fraction of sp³-hybridized carbons (Fsp3) is 0.429. The van der Waals surface area contributed by atoms with Crippen molar-refractivity contribution in [1.82, 2.24) is 4.90 Å². The highest BCUT2D eigenvalue weighted by atomic mass is 79.9. The third-order valence-corrected chi connectivity index (χ3v) is 5.79. The molecular weight excluding hydrogens is 432 g/mol. The van der Waals surface area contributed by atoms with Gasteiger partial charge in [0.2, 0.25) is 6.79 Å². The number of hydrogen-bond donors (Lipinski definition) is 1. The van der Waals surface area contributed by atoms with E-state index in [9.17, 15) is 8.78 Å². The summed E-state index contributed by atoms with van der Waals surface area (Å²) in [4.78, 5) is 1.71. The predicted octanol–water partition coefficient (Wildman–Crippen LogP) is 4.74. The lowest BCUT2D eigenvalue weighted by atomic mass is 9.84. The number of rotatable bonds is 6. The molecular formula is C21H24BrF2NO3. The van der Waals surface area contributed by atoms with Crippen molar-refractivity contribution < 1.29 is 23.4 Å². The van der Waals surface area contributed by atoms with Crippen LogP contribution in [0.4, 0.5) is 8.78 Å². The van der Waals surface area contributed by atoms with Gasteiger partial charge in [-0.05, 0) is 55.2 Å². The van der Waals surface area contributed by atoms with E-state index in [1.807, 2.05) is 44.2 Å². The molecule has 4 nitrogen and oxygen atoms in total. The number of hydrogen-bond acceptors (Lipinski definition) is 4. The highest BCUT2D eigenvalue weighted by molar-refractivity contribution is 9.11. The minimum Gasteiger partial charge on any atom is -0.454 e. The normalized spacial score (nSPS) is 22.6. The summed E-state index contributed by atoms with van der Waals surface area (Å²) in [5.74, 6) is -1.91. The monoisotopic (exact) mass is 455 g/mol. The van der Waals surface area contributed by atoms with E-state index in [1.54, 1.807) is 4.90 Å². The van der Waals surface area contributed by atoms with E-state index >= 15 is 0 Å². The van der Waals surface area contributed by atoms with Crippen LogP contribution in [-0.2, 0) is 6.42 Å². The second-order valence-corrected chi connectivity index (χ2v) is 8.04. The average Bonchev–Trinajstić information content (AvgIpc) is 3.12. The summed E-state index contributed by atoms with van der Waals surface area (Å²) >= 11 is 3.42. The summed E-state index contributed by atoms with van der Waals surface area (Å²) < 4.78 is 40.1. The van der Waals surface area contributed by atoms with Crippen LogP contribution in [-0.4, -0.2) is 41.9 Å². The Kier molecular flexibility index (Phi) is 6.27. The summed E-state index contributed by atoms with van der Waals surface area (Å²) in [7, 11) is 0. The number of halogens is 3. The van der Waals surface area contributed by atoms with E-state index in [4.69, 9.17) is 14.6 Å². The van der Waals surface area contributed by atoms with E-state index in [-0.39, 0.29) is 12.8 Å². The lowest BCUT2D eigenvalue weighted by Gasteiger charge is -2.43. The van der Waals surface area contributed by atoms with Gasteiger partial charge in [-0.3, -0.25) is 4.90 Å². The van der Waals surface area contributed by atoms with Crippen molar-refractivity contribution in [1.29, 1.82) is 0 Å². The molecule has 0 saturated carbocycles. The molecule has 0 fully saturated rings. The van der Waals surface area contributed by atoms with Gasteiger partial charge >= 0.3 is 0 Å². The van der Waals surface area contributed by atoms with Crippen LogP contribution in [0, 0.1) is 0 Å². The molecule has 0 unspecified atom stereocenters. The molecule has 2 aliphatic rings. The van der Waals surface area contributed by atoms with E-state index in [2.05, 4.69) is 22.5 Å². The second-order valence-electron chi connectivity index (χ2n) is 7.13. The van der Waals surface area contributed by atoms with Crippen LogP contribution in [0.5, 0.6) is 11.5 Å². The van der Waals surface area contributed by atoms with Gasteiger partial charge in [-0.1, -0.05) is 34.7 Å². The van der Waals surface area contributed by atoms with E-state index in [0.29, 0.717) is 23.5 Å². The van der Waals surface area contributed by atoms with Crippen molar-refractivity contribution in [3.05, 3.63) is 58.1 Å². The molecule has 1 aromatic carbocycles. The molecule has 0 saturated heterocycles. The Balaban J connectivity index is 2.04. The van der Waals surface area contributed by atoms with Crippen LogP contribution in [0.3, 0.4) is 0 Å². The molecule has 0 bridgehead atoms. The first kappa shape index (κ1) is 21.0. The average molecular weight is 456 g/mol. The summed E-state index contributed by atoms with van der Waals surface area (Å²) in [5.41, 5.74) is 2.59. The van der Waals surface area contributed by atoms with Crippen LogP contribution >= 0.6 is 15.9 Å². The minimum absolute atomic E-state index is 0.153. The van der Waals surface area contributed by atoms with E-state index in [1.165, 1.54) is 0 Å². The third kappa shape index (κ3) is 4.31. The van der Waals surface area contributed by atoms with Crippen LogP contribution in [0.15, 0.2) is 47.0 Å². The molecule has 2 heterocycles. The van der Waals surface area contributed by atoms with Crippen molar-refractivity contribution in [2.75, 3.05) is 19.9 Å². The van der Waals surface area contributed by atoms with E-state index in [0.717, 1.165) is 15.6 Å². The SMILES string of the molecule is C=C(/C=C\C(Br)=C/C)[C@@H]1c2cc3c(cc2C[C@@H](C)N1CC(F)(F)CO)OCO3. The Labute approximate surface area is 172 Å². The smallest absolute Gasteiger partial charge is 0.283 e. The summed E-state index contributed by atoms with van der Waals surface area (Å²) in [6.45, 7) is 6.37. The maximum absolute atomic E-state index is 14.1. The number of alkyl halides is 2. The van der Waals surface area contributed by atoms with Crippen molar-refractivity contribution >= 4 is 15.9 Å². The van der Waals surface area contributed by atoms with Gasteiger partial charge in [-0.25, -0.2) is 8.78 Å². The molecule has 3 rings (SSSR count). The van der Waals surface area contributed by atoms with Gasteiger partial charge in [0, 0.05) is 10.5 Å². The molecule has 1 N–H and O–H groups in total. The van der Waals surface area contributed by atoms with E-state index < -0.39 is 25.1 Å². The molecule has 0 aliphatic carbocycles. The number of benzene rings is 1. The van der Waals surface area contributed by atoms with Gasteiger partial charge in [-0.2, -0.15) is 0 Å². The zero-order chi connectivity index (χ0) is 20.5. The zero-order valence-electron chi connectivity index (χ0n) is 15.9. The van der Waals surface area contributed by atoms with Crippen LogP contribution < -0.4 is 9.47 Å². The highest BCUT2D eigenvalue weighted by Gasteiger charge is 2.41. The topological polar surface area (TPSA) is 41.9 Å².